The SMILES string of the molecule is O=C1C2CC(CN1c1ccc(F)cc1)N2. The third kappa shape index (κ3) is 1.33. The van der Waals surface area contributed by atoms with Crippen LogP contribution in [0.5, 0.6) is 0 Å². The van der Waals surface area contributed by atoms with E-state index in [9.17, 15) is 9.18 Å². The number of piperidine rings is 1. The molecule has 0 spiro atoms. The second kappa shape index (κ2) is 3.03. The first-order valence-electron chi connectivity index (χ1n) is 5.07. The van der Waals surface area contributed by atoms with Gasteiger partial charge in [0.05, 0.1) is 6.04 Å². The Labute approximate surface area is 86.9 Å². The molecule has 78 valence electrons. The van der Waals surface area contributed by atoms with Crippen LogP contribution in [-0.2, 0) is 4.79 Å². The molecule has 0 saturated carbocycles. The maximum absolute atomic E-state index is 12.7. The molecule has 3 aliphatic heterocycles. The lowest BCUT2D eigenvalue weighted by Crippen LogP contribution is -2.70. The van der Waals surface area contributed by atoms with Crippen LogP contribution in [0.25, 0.3) is 0 Å². The molecule has 2 unspecified atom stereocenters. The summed E-state index contributed by atoms with van der Waals surface area (Å²) in [6, 6.07) is 6.47. The van der Waals surface area contributed by atoms with E-state index in [-0.39, 0.29) is 17.8 Å². The minimum Gasteiger partial charge on any atom is -0.310 e. The first kappa shape index (κ1) is 8.85. The molecule has 0 radical (unpaired) electrons. The topological polar surface area (TPSA) is 32.3 Å². The van der Waals surface area contributed by atoms with Crippen molar-refractivity contribution in [1.82, 2.24) is 5.32 Å². The highest BCUT2D eigenvalue weighted by Crippen LogP contribution is 2.27. The average Bonchev–Trinajstić information content (AvgIpc) is 2.18. The molecule has 4 heteroatoms. The molecule has 3 heterocycles. The molecular weight excluding hydrogens is 195 g/mol. The summed E-state index contributed by atoms with van der Waals surface area (Å²) in [5.74, 6) is -0.171. The molecule has 1 aromatic rings. The molecule has 2 atom stereocenters. The third-order valence-corrected chi connectivity index (χ3v) is 3.06. The molecule has 3 nitrogen and oxygen atoms in total. The fourth-order valence-electron chi connectivity index (χ4n) is 2.20. The van der Waals surface area contributed by atoms with Crippen LogP contribution in [0.1, 0.15) is 6.42 Å². The number of fused-ring (bicyclic) bond motifs is 2. The van der Waals surface area contributed by atoms with Gasteiger partial charge in [0.25, 0.3) is 0 Å². The standard InChI is InChI=1S/C11H11FN2O/c12-7-1-3-9(4-2-7)14-6-8-5-10(13-8)11(14)15/h1-4,8,10,13H,5-6H2. The summed E-state index contributed by atoms with van der Waals surface area (Å²) in [5, 5.41) is 3.17. The number of anilines is 1. The van der Waals surface area contributed by atoms with Crippen LogP contribution in [0.4, 0.5) is 10.1 Å². The van der Waals surface area contributed by atoms with E-state index in [2.05, 4.69) is 5.32 Å². The number of nitrogens with zero attached hydrogens (tertiary/aromatic N) is 1. The van der Waals surface area contributed by atoms with Crippen molar-refractivity contribution < 1.29 is 9.18 Å². The Morgan fingerprint density at radius 3 is 2.60 bits per heavy atom. The molecule has 2 bridgehead atoms. The summed E-state index contributed by atoms with van der Waals surface area (Å²) in [6.45, 7) is 0.695. The Morgan fingerprint density at radius 2 is 2.00 bits per heavy atom. The summed E-state index contributed by atoms with van der Waals surface area (Å²) in [6.07, 6.45) is 0.941. The van der Waals surface area contributed by atoms with E-state index >= 15 is 0 Å². The Morgan fingerprint density at radius 1 is 1.33 bits per heavy atom. The molecular formula is C11H11FN2O. The molecule has 1 N–H and O–H groups in total. The first-order valence-corrected chi connectivity index (χ1v) is 5.07. The monoisotopic (exact) mass is 206 g/mol. The lowest BCUT2D eigenvalue weighted by Gasteiger charge is -2.47. The Bertz CT molecular complexity index is 398. The molecule has 1 aromatic carbocycles. The second-order valence-electron chi connectivity index (χ2n) is 4.08. The number of hydrogen-bond donors (Lipinski definition) is 1. The predicted molar refractivity (Wildman–Crippen MR) is 54.1 cm³/mol. The normalized spacial score (nSPS) is 28.9. The number of nitrogens with one attached hydrogen (secondary N) is 1. The van der Waals surface area contributed by atoms with Gasteiger partial charge < -0.3 is 10.2 Å². The van der Waals surface area contributed by atoms with Crippen molar-refractivity contribution in [2.75, 3.05) is 11.4 Å². The van der Waals surface area contributed by atoms with Gasteiger partial charge in [0.2, 0.25) is 5.91 Å². The van der Waals surface area contributed by atoms with Crippen LogP contribution in [0.3, 0.4) is 0 Å². The van der Waals surface area contributed by atoms with Crippen LogP contribution in [0, 0.1) is 5.82 Å². The molecule has 3 saturated heterocycles. The van der Waals surface area contributed by atoms with E-state index in [1.807, 2.05) is 0 Å². The highest BCUT2D eigenvalue weighted by atomic mass is 19.1. The molecule has 0 aromatic heterocycles. The molecule has 3 aliphatic rings. The average molecular weight is 206 g/mol. The lowest BCUT2D eigenvalue weighted by molar-refractivity contribution is -0.125. The van der Waals surface area contributed by atoms with Gasteiger partial charge in [-0.2, -0.15) is 0 Å². The maximum atomic E-state index is 12.7. The number of amides is 1. The summed E-state index contributed by atoms with van der Waals surface area (Å²) in [7, 11) is 0. The van der Waals surface area contributed by atoms with Crippen molar-refractivity contribution in [2.24, 2.45) is 0 Å². The van der Waals surface area contributed by atoms with Crippen molar-refractivity contribution in [1.29, 1.82) is 0 Å². The smallest absolute Gasteiger partial charge is 0.244 e. The Kier molecular flexibility index (Phi) is 1.79. The Hall–Kier alpha value is -1.42. The number of benzene rings is 1. The highest BCUT2D eigenvalue weighted by Gasteiger charge is 2.43. The highest BCUT2D eigenvalue weighted by molar-refractivity contribution is 5.99. The first-order chi connectivity index (χ1) is 7.24. The zero-order chi connectivity index (χ0) is 10.4. The number of piperazine rings is 1. The molecule has 0 aliphatic carbocycles. The number of hydrogen-bond acceptors (Lipinski definition) is 2. The van der Waals surface area contributed by atoms with Crippen LogP contribution in [0.2, 0.25) is 0 Å². The van der Waals surface area contributed by atoms with E-state index in [1.165, 1.54) is 12.1 Å². The van der Waals surface area contributed by atoms with Crippen LogP contribution < -0.4 is 10.2 Å². The van der Waals surface area contributed by atoms with Crippen molar-refractivity contribution in [2.45, 2.75) is 18.5 Å². The number of carbonyl (C=O) groups is 1. The van der Waals surface area contributed by atoms with E-state index in [1.54, 1.807) is 17.0 Å². The molecule has 4 rings (SSSR count). The van der Waals surface area contributed by atoms with Gasteiger partial charge in [0, 0.05) is 18.3 Å². The maximum Gasteiger partial charge on any atom is 0.244 e. The van der Waals surface area contributed by atoms with Gasteiger partial charge in [0.1, 0.15) is 5.82 Å². The van der Waals surface area contributed by atoms with Gasteiger partial charge in [-0.3, -0.25) is 4.79 Å². The van der Waals surface area contributed by atoms with Gasteiger partial charge in [-0.25, -0.2) is 4.39 Å². The fraction of sp³-hybridized carbons (Fsp3) is 0.364. The zero-order valence-corrected chi connectivity index (χ0v) is 8.11. The van der Waals surface area contributed by atoms with E-state index in [0.29, 0.717) is 12.6 Å². The minimum absolute atomic E-state index is 0.0196. The quantitative estimate of drug-likeness (QED) is 0.740. The molecule has 3 fully saturated rings. The number of halogens is 1. The zero-order valence-electron chi connectivity index (χ0n) is 8.11. The predicted octanol–water partition coefficient (Wildman–Crippen LogP) is 0.903. The van der Waals surface area contributed by atoms with Crippen LogP contribution in [0.15, 0.2) is 24.3 Å². The second-order valence-corrected chi connectivity index (χ2v) is 4.08. The van der Waals surface area contributed by atoms with Crippen LogP contribution >= 0.6 is 0 Å². The van der Waals surface area contributed by atoms with Gasteiger partial charge in [-0.15, -0.1) is 0 Å². The third-order valence-electron chi connectivity index (χ3n) is 3.06. The van der Waals surface area contributed by atoms with Gasteiger partial charge in [-0.05, 0) is 30.7 Å². The van der Waals surface area contributed by atoms with E-state index < -0.39 is 0 Å². The van der Waals surface area contributed by atoms with E-state index in [4.69, 9.17) is 0 Å². The van der Waals surface area contributed by atoms with Crippen molar-refractivity contribution in [3.05, 3.63) is 30.1 Å². The summed E-state index contributed by atoms with van der Waals surface area (Å²) >= 11 is 0. The summed E-state index contributed by atoms with van der Waals surface area (Å²) in [4.78, 5) is 13.5. The van der Waals surface area contributed by atoms with Gasteiger partial charge in [-0.1, -0.05) is 0 Å². The largest absolute Gasteiger partial charge is 0.310 e. The van der Waals surface area contributed by atoms with Crippen molar-refractivity contribution in [3.63, 3.8) is 0 Å². The summed E-state index contributed by atoms with van der Waals surface area (Å²) in [5.41, 5.74) is 0.789. The fourth-order valence-corrected chi connectivity index (χ4v) is 2.20. The lowest BCUT2D eigenvalue weighted by atomic mass is 9.90. The number of rotatable bonds is 1. The van der Waals surface area contributed by atoms with Crippen LogP contribution in [-0.4, -0.2) is 24.5 Å². The summed E-state index contributed by atoms with van der Waals surface area (Å²) < 4.78 is 12.7. The van der Waals surface area contributed by atoms with Crippen molar-refractivity contribution in [3.8, 4) is 0 Å². The number of carbonyl (C=O) groups excluding carboxylic acids is 1. The van der Waals surface area contributed by atoms with Crippen molar-refractivity contribution >= 4 is 11.6 Å². The van der Waals surface area contributed by atoms with Gasteiger partial charge >= 0.3 is 0 Å². The van der Waals surface area contributed by atoms with Gasteiger partial charge in [0.15, 0.2) is 0 Å². The Balaban J connectivity index is 1.88. The molecule has 1 amide bonds. The minimum atomic E-state index is -0.272. The molecule has 15 heavy (non-hydrogen) atoms. The van der Waals surface area contributed by atoms with E-state index in [0.717, 1.165) is 12.1 Å².